The van der Waals surface area contributed by atoms with Gasteiger partial charge in [-0.15, -0.1) is 0 Å². The zero-order chi connectivity index (χ0) is 18.3. The van der Waals surface area contributed by atoms with Crippen molar-refractivity contribution >= 4 is 11.6 Å². The first-order valence-electron chi connectivity index (χ1n) is 7.39. The number of Topliss-reactive ketones (excluding diaryl/α,β-unsaturated/α-hetero) is 1. The summed E-state index contributed by atoms with van der Waals surface area (Å²) in [4.78, 5) is 42.6. The van der Waals surface area contributed by atoms with Gasteiger partial charge in [0, 0.05) is 13.1 Å². The minimum absolute atomic E-state index is 0.0959. The first-order chi connectivity index (χ1) is 11.8. The highest BCUT2D eigenvalue weighted by molar-refractivity contribution is 6.00. The van der Waals surface area contributed by atoms with E-state index in [1.165, 1.54) is 32.5 Å². The van der Waals surface area contributed by atoms with Crippen molar-refractivity contribution in [3.8, 4) is 5.75 Å². The normalized spacial score (nSPS) is 12.3. The molecule has 0 aliphatic carbocycles. The second-order valence-electron chi connectivity index (χ2n) is 5.54. The van der Waals surface area contributed by atoms with Gasteiger partial charge in [-0.25, -0.2) is 23.4 Å². The number of carbonyl (C=O) groups excluding carboxylic acids is 1. The van der Waals surface area contributed by atoms with Crippen LogP contribution < -0.4 is 16.1 Å². The van der Waals surface area contributed by atoms with Crippen molar-refractivity contribution in [3.05, 3.63) is 62.4 Å². The summed E-state index contributed by atoms with van der Waals surface area (Å²) in [6.45, 7) is 1.54. The Morgan fingerprint density at radius 2 is 2.04 bits per heavy atom. The molecule has 0 fully saturated rings. The molecule has 0 spiro atoms. The maximum Gasteiger partial charge on any atom is 0.336 e. The number of ether oxygens (including phenoxy) is 1. The van der Waals surface area contributed by atoms with Crippen LogP contribution in [0.3, 0.4) is 0 Å². The summed E-state index contributed by atoms with van der Waals surface area (Å²) >= 11 is 0. The zero-order valence-corrected chi connectivity index (χ0v) is 13.7. The number of nitrogens with zero attached hydrogens (tertiary/aromatic N) is 3. The van der Waals surface area contributed by atoms with Crippen molar-refractivity contribution < 1.29 is 13.9 Å². The van der Waals surface area contributed by atoms with Crippen LogP contribution in [0.1, 0.15) is 28.9 Å². The van der Waals surface area contributed by atoms with Crippen molar-refractivity contribution in [2.24, 2.45) is 7.05 Å². The van der Waals surface area contributed by atoms with Gasteiger partial charge in [0.25, 0.3) is 0 Å². The molecule has 1 unspecified atom stereocenters. The first-order valence-corrected chi connectivity index (χ1v) is 7.39. The molecular weight excluding hydrogens is 331 g/mol. The number of nitrogens with one attached hydrogen (secondary N) is 1. The number of aromatic nitrogens is 4. The Bertz CT molecular complexity index is 1100. The Balaban J connectivity index is 2.10. The van der Waals surface area contributed by atoms with Gasteiger partial charge in [0.2, 0.25) is 5.78 Å². The van der Waals surface area contributed by atoms with Gasteiger partial charge in [-0.2, -0.15) is 0 Å². The molecule has 0 aliphatic heterocycles. The Morgan fingerprint density at radius 3 is 2.68 bits per heavy atom. The molecule has 1 N–H and O–H groups in total. The fraction of sp³-hybridized carbons (Fsp3) is 0.250. The van der Waals surface area contributed by atoms with E-state index in [0.717, 1.165) is 15.0 Å². The van der Waals surface area contributed by atoms with Crippen LogP contribution in [0.15, 0.2) is 34.0 Å². The number of halogens is 1. The molecule has 1 aromatic carbocycles. The van der Waals surface area contributed by atoms with Gasteiger partial charge in [-0.3, -0.25) is 14.3 Å². The van der Waals surface area contributed by atoms with Crippen LogP contribution in [0.4, 0.5) is 4.39 Å². The molecule has 3 rings (SSSR count). The van der Waals surface area contributed by atoms with Gasteiger partial charge >= 0.3 is 11.4 Å². The van der Waals surface area contributed by atoms with E-state index >= 15 is 0 Å². The number of methoxy groups -OCH3 is 1. The second-order valence-corrected chi connectivity index (χ2v) is 5.54. The molecule has 0 aliphatic rings. The van der Waals surface area contributed by atoms with E-state index < -0.39 is 28.9 Å². The number of rotatable bonds is 4. The molecule has 3 aromatic rings. The van der Waals surface area contributed by atoms with Gasteiger partial charge in [0.1, 0.15) is 11.6 Å². The number of aryl methyl sites for hydroxylation is 1. The number of fused-ring (bicyclic) bond motifs is 1. The third kappa shape index (κ3) is 2.63. The van der Waals surface area contributed by atoms with Crippen molar-refractivity contribution in [2.45, 2.75) is 12.8 Å². The summed E-state index contributed by atoms with van der Waals surface area (Å²) in [5.74, 6) is -1.69. The molecule has 0 radical (unpaired) electrons. The summed E-state index contributed by atoms with van der Waals surface area (Å²) in [5, 5.41) is 0. The zero-order valence-electron chi connectivity index (χ0n) is 13.7. The highest BCUT2D eigenvalue weighted by Gasteiger charge is 2.25. The molecular formula is C16H15FN4O4. The molecule has 1 atom stereocenters. The highest BCUT2D eigenvalue weighted by Crippen LogP contribution is 2.24. The van der Waals surface area contributed by atoms with Gasteiger partial charge in [-0.05, 0) is 19.1 Å². The molecule has 0 saturated carbocycles. The number of imidazole rings is 1. The maximum atomic E-state index is 14.2. The van der Waals surface area contributed by atoms with Crippen LogP contribution in [-0.2, 0) is 7.05 Å². The lowest BCUT2D eigenvalue weighted by Crippen LogP contribution is -2.34. The average Bonchev–Trinajstić information content (AvgIpc) is 3.04. The SMILES string of the molecule is COc1ccc(C(=O)C(C)c2cnc3n(C)c(=O)[nH]c(=O)n23)c(F)c1. The van der Waals surface area contributed by atoms with Crippen LogP contribution >= 0.6 is 0 Å². The number of hydrogen-bond acceptors (Lipinski definition) is 5. The Labute approximate surface area is 140 Å². The summed E-state index contributed by atoms with van der Waals surface area (Å²) in [7, 11) is 2.84. The molecule has 130 valence electrons. The van der Waals surface area contributed by atoms with Crippen LogP contribution in [0.25, 0.3) is 5.78 Å². The average molecular weight is 346 g/mol. The number of H-pyrrole nitrogens is 1. The molecule has 2 heterocycles. The molecule has 25 heavy (non-hydrogen) atoms. The Kier molecular flexibility index (Phi) is 3.99. The molecule has 2 aromatic heterocycles. The third-order valence-electron chi connectivity index (χ3n) is 4.07. The van der Waals surface area contributed by atoms with Crippen LogP contribution in [0.2, 0.25) is 0 Å². The predicted molar refractivity (Wildman–Crippen MR) is 86.8 cm³/mol. The minimum Gasteiger partial charge on any atom is -0.497 e. The number of carbonyl (C=O) groups is 1. The van der Waals surface area contributed by atoms with E-state index in [1.54, 1.807) is 6.92 Å². The maximum absolute atomic E-state index is 14.2. The predicted octanol–water partition coefficient (Wildman–Crippen LogP) is 0.855. The quantitative estimate of drug-likeness (QED) is 0.707. The third-order valence-corrected chi connectivity index (χ3v) is 4.07. The van der Waals surface area contributed by atoms with Crippen molar-refractivity contribution in [1.29, 1.82) is 0 Å². The lowest BCUT2D eigenvalue weighted by atomic mass is 9.96. The van der Waals surface area contributed by atoms with Gasteiger partial charge < -0.3 is 4.74 Å². The lowest BCUT2D eigenvalue weighted by Gasteiger charge is -2.11. The van der Waals surface area contributed by atoms with Gasteiger partial charge in [0.15, 0.2) is 5.78 Å². The van der Waals surface area contributed by atoms with E-state index in [9.17, 15) is 18.8 Å². The first kappa shape index (κ1) is 16.6. The van der Waals surface area contributed by atoms with E-state index in [1.807, 2.05) is 0 Å². The highest BCUT2D eigenvalue weighted by atomic mass is 19.1. The molecule has 9 heteroatoms. The van der Waals surface area contributed by atoms with Crippen molar-refractivity contribution in [2.75, 3.05) is 7.11 Å². The molecule has 8 nitrogen and oxygen atoms in total. The van der Waals surface area contributed by atoms with Crippen molar-refractivity contribution in [1.82, 2.24) is 18.9 Å². The number of hydrogen-bond donors (Lipinski definition) is 1. The Morgan fingerprint density at radius 1 is 1.32 bits per heavy atom. The van der Waals surface area contributed by atoms with Crippen molar-refractivity contribution in [3.63, 3.8) is 0 Å². The summed E-state index contributed by atoms with van der Waals surface area (Å²) in [6.07, 6.45) is 1.33. The number of ketones is 1. The largest absolute Gasteiger partial charge is 0.497 e. The van der Waals surface area contributed by atoms with Gasteiger partial charge in [-0.1, -0.05) is 0 Å². The topological polar surface area (TPSA) is 98.5 Å². The van der Waals surface area contributed by atoms with Crippen LogP contribution in [-0.4, -0.2) is 31.8 Å². The van der Waals surface area contributed by atoms with E-state index in [-0.39, 0.29) is 17.0 Å². The van der Waals surface area contributed by atoms with Gasteiger partial charge in [0.05, 0.1) is 30.5 Å². The van der Waals surface area contributed by atoms with Crippen LogP contribution in [0, 0.1) is 5.82 Å². The number of benzene rings is 1. The summed E-state index contributed by atoms with van der Waals surface area (Å²) in [5.41, 5.74) is -1.19. The Hall–Kier alpha value is -3.23. The van der Waals surface area contributed by atoms with E-state index in [0.29, 0.717) is 5.75 Å². The monoisotopic (exact) mass is 346 g/mol. The standard InChI is InChI=1S/C16H15FN4O4/c1-8(13(22)10-5-4-9(25-3)6-11(10)17)12-7-18-14-20(2)15(23)19-16(24)21(12)14/h4-8H,1-3H3,(H,19,23,24). The minimum atomic E-state index is -0.850. The fourth-order valence-corrected chi connectivity index (χ4v) is 2.62. The fourth-order valence-electron chi connectivity index (χ4n) is 2.62. The molecule has 0 bridgehead atoms. The van der Waals surface area contributed by atoms with Crippen LogP contribution in [0.5, 0.6) is 5.75 Å². The van der Waals surface area contributed by atoms with E-state index in [2.05, 4.69) is 9.97 Å². The number of aromatic amines is 1. The molecule has 0 saturated heterocycles. The smallest absolute Gasteiger partial charge is 0.336 e. The van der Waals surface area contributed by atoms with E-state index in [4.69, 9.17) is 4.74 Å². The summed E-state index contributed by atoms with van der Waals surface area (Å²) in [6, 6.07) is 3.93. The summed E-state index contributed by atoms with van der Waals surface area (Å²) < 4.78 is 21.4. The molecule has 0 amide bonds. The lowest BCUT2D eigenvalue weighted by molar-refractivity contribution is 0.0960. The second kappa shape index (κ2) is 6.00.